The molecule has 2 N–H and O–H groups in total. The second kappa shape index (κ2) is 30.7. The van der Waals surface area contributed by atoms with Gasteiger partial charge in [0, 0.05) is 24.2 Å². The minimum atomic E-state index is -0.0364. The number of carbonyl (C=O) groups is 2. The Balaban J connectivity index is 1.53. The van der Waals surface area contributed by atoms with Gasteiger partial charge in [-0.15, -0.1) is 0 Å². The van der Waals surface area contributed by atoms with Crippen LogP contribution < -0.4 is 20.1 Å². The van der Waals surface area contributed by atoms with Crippen LogP contribution in [0.15, 0.2) is 84.9 Å². The standard InChI is InChI=1S/C60H90N4O4/c1-9-11-13-15-17-19-21-23-25-27-41-61-59(65)51-33-29-49(30-34-51)55-39-37-53(67-45-43-63(3,4)5)47-57(55)58-48-54(68-46-44-64(6,7)8)38-40-56(58)50-31-35-52(36-32-50)60(66)62-42-28-26-24-22-20-18-16-14-12-10-2/h29-40,47-48H,9-28,41-46H2,1-8H3/p+2. The molecule has 0 saturated heterocycles. The van der Waals surface area contributed by atoms with E-state index < -0.39 is 0 Å². The second-order valence-corrected chi connectivity index (χ2v) is 21.2. The van der Waals surface area contributed by atoms with Crippen LogP contribution in [-0.2, 0) is 0 Å². The number of quaternary nitrogens is 2. The van der Waals surface area contributed by atoms with E-state index in [2.05, 4.69) is 115 Å². The van der Waals surface area contributed by atoms with E-state index in [0.717, 1.165) is 92.6 Å². The van der Waals surface area contributed by atoms with Gasteiger partial charge in [-0.2, -0.15) is 0 Å². The van der Waals surface area contributed by atoms with Crippen molar-refractivity contribution in [3.8, 4) is 44.9 Å². The monoisotopic (exact) mass is 933 g/mol. The first-order chi connectivity index (χ1) is 32.8. The molecule has 374 valence electrons. The summed E-state index contributed by atoms with van der Waals surface area (Å²) in [4.78, 5) is 26.6. The largest absolute Gasteiger partial charge is 0.488 e. The predicted octanol–water partition coefficient (Wildman–Crippen LogP) is 14.2. The van der Waals surface area contributed by atoms with Crippen molar-refractivity contribution in [2.24, 2.45) is 0 Å². The summed E-state index contributed by atoms with van der Waals surface area (Å²) >= 11 is 0. The molecule has 0 aromatic heterocycles. The highest BCUT2D eigenvalue weighted by Gasteiger charge is 2.18. The van der Waals surface area contributed by atoms with Crippen LogP contribution in [0.1, 0.15) is 163 Å². The fraction of sp³-hybridized carbons (Fsp3) is 0.567. The SMILES string of the molecule is CCCCCCCCCCCCNC(=O)c1ccc(-c2ccc(OCC[N+](C)(C)C)cc2-c2cc(OCC[N+](C)(C)C)ccc2-c2ccc(C(=O)NCCCCCCCCCCCC)cc2)cc1. The maximum atomic E-state index is 13.3. The Hall–Kier alpha value is -4.66. The van der Waals surface area contributed by atoms with Gasteiger partial charge in [-0.05, 0) is 94.8 Å². The van der Waals surface area contributed by atoms with Gasteiger partial charge >= 0.3 is 0 Å². The van der Waals surface area contributed by atoms with E-state index in [1.807, 2.05) is 36.4 Å². The lowest BCUT2D eigenvalue weighted by Crippen LogP contribution is -2.38. The maximum Gasteiger partial charge on any atom is 0.251 e. The van der Waals surface area contributed by atoms with Gasteiger partial charge in [-0.3, -0.25) is 9.59 Å². The van der Waals surface area contributed by atoms with Crippen molar-refractivity contribution in [3.63, 3.8) is 0 Å². The Bertz CT molecular complexity index is 1880. The first-order valence-electron chi connectivity index (χ1n) is 26.7. The van der Waals surface area contributed by atoms with Crippen LogP contribution in [0, 0.1) is 0 Å². The minimum Gasteiger partial charge on any atom is -0.488 e. The number of carbonyl (C=O) groups excluding carboxylic acids is 2. The fourth-order valence-electron chi connectivity index (χ4n) is 8.49. The fourth-order valence-corrected chi connectivity index (χ4v) is 8.49. The average Bonchev–Trinajstić information content (AvgIpc) is 3.31. The highest BCUT2D eigenvalue weighted by molar-refractivity contribution is 5.97. The molecule has 0 bridgehead atoms. The number of ether oxygens (including phenoxy) is 2. The summed E-state index contributed by atoms with van der Waals surface area (Å²) in [7, 11) is 13.0. The summed E-state index contributed by atoms with van der Waals surface area (Å²) in [5, 5.41) is 6.31. The molecule has 0 heterocycles. The van der Waals surface area contributed by atoms with Crippen molar-refractivity contribution in [2.75, 3.05) is 81.7 Å². The third-order valence-corrected chi connectivity index (χ3v) is 12.9. The van der Waals surface area contributed by atoms with Gasteiger partial charge in [0.2, 0.25) is 0 Å². The quantitative estimate of drug-likeness (QED) is 0.0356. The lowest BCUT2D eigenvalue weighted by Gasteiger charge is -2.24. The second-order valence-electron chi connectivity index (χ2n) is 21.2. The molecule has 0 saturated carbocycles. The zero-order valence-electron chi connectivity index (χ0n) is 44.0. The van der Waals surface area contributed by atoms with Crippen LogP contribution in [0.25, 0.3) is 33.4 Å². The van der Waals surface area contributed by atoms with Crippen LogP contribution in [-0.4, -0.2) is 102 Å². The zero-order valence-corrected chi connectivity index (χ0v) is 44.0. The minimum absolute atomic E-state index is 0.0364. The highest BCUT2D eigenvalue weighted by Crippen LogP contribution is 2.42. The number of amides is 2. The normalized spacial score (nSPS) is 11.7. The van der Waals surface area contributed by atoms with E-state index in [1.54, 1.807) is 0 Å². The van der Waals surface area contributed by atoms with Crippen LogP contribution in [0.3, 0.4) is 0 Å². The average molecular weight is 933 g/mol. The molecule has 0 atom stereocenters. The molecule has 8 heteroatoms. The number of benzene rings is 4. The molecule has 0 radical (unpaired) electrons. The lowest BCUT2D eigenvalue weighted by atomic mass is 9.88. The molecule has 68 heavy (non-hydrogen) atoms. The number of hydrogen-bond acceptors (Lipinski definition) is 4. The van der Waals surface area contributed by atoms with E-state index in [4.69, 9.17) is 9.47 Å². The number of rotatable bonds is 35. The van der Waals surface area contributed by atoms with E-state index in [1.165, 1.54) is 103 Å². The third kappa shape index (κ3) is 21.7. The van der Waals surface area contributed by atoms with Crippen molar-refractivity contribution < 1.29 is 28.0 Å². The van der Waals surface area contributed by atoms with Crippen molar-refractivity contribution in [1.29, 1.82) is 0 Å². The van der Waals surface area contributed by atoms with E-state index in [0.29, 0.717) is 37.4 Å². The number of likely N-dealkylation sites (N-methyl/N-ethyl adjacent to an activating group) is 2. The molecule has 4 rings (SSSR count). The summed E-state index contributed by atoms with van der Waals surface area (Å²) in [6, 6.07) is 28.6. The highest BCUT2D eigenvalue weighted by atomic mass is 16.5. The molecule has 0 unspecified atom stereocenters. The van der Waals surface area contributed by atoms with Gasteiger partial charge in [0.15, 0.2) is 0 Å². The first kappa shape index (κ1) is 55.9. The van der Waals surface area contributed by atoms with Gasteiger partial charge < -0.3 is 29.1 Å². The molecule has 0 fully saturated rings. The van der Waals surface area contributed by atoms with E-state index in [9.17, 15) is 9.59 Å². The van der Waals surface area contributed by atoms with Gasteiger partial charge in [0.25, 0.3) is 11.8 Å². The Morgan fingerprint density at radius 1 is 0.397 bits per heavy atom. The molecule has 8 nitrogen and oxygen atoms in total. The first-order valence-corrected chi connectivity index (χ1v) is 26.7. The van der Waals surface area contributed by atoms with Crippen LogP contribution in [0.2, 0.25) is 0 Å². The van der Waals surface area contributed by atoms with Crippen LogP contribution in [0.4, 0.5) is 0 Å². The summed E-state index contributed by atoms with van der Waals surface area (Å²) in [6.45, 7) is 8.79. The number of unbranched alkanes of at least 4 members (excludes halogenated alkanes) is 18. The molecule has 0 aliphatic heterocycles. The molecular weight excluding hydrogens is 841 g/mol. The van der Waals surface area contributed by atoms with Gasteiger partial charge in [-0.1, -0.05) is 166 Å². The lowest BCUT2D eigenvalue weighted by molar-refractivity contribution is -0.870. The Morgan fingerprint density at radius 2 is 0.706 bits per heavy atom. The summed E-state index contributed by atoms with van der Waals surface area (Å²) < 4.78 is 14.5. The smallest absolute Gasteiger partial charge is 0.251 e. The van der Waals surface area contributed by atoms with E-state index >= 15 is 0 Å². The Labute approximate surface area is 413 Å². The molecule has 4 aromatic carbocycles. The Morgan fingerprint density at radius 3 is 1.01 bits per heavy atom. The van der Waals surface area contributed by atoms with Gasteiger partial charge in [-0.25, -0.2) is 0 Å². The third-order valence-electron chi connectivity index (χ3n) is 12.9. The van der Waals surface area contributed by atoms with Gasteiger partial charge in [0.05, 0.1) is 42.3 Å². The molecule has 0 aliphatic rings. The molecular formula is C60H92N4O4+2. The van der Waals surface area contributed by atoms with Crippen molar-refractivity contribution in [2.45, 2.75) is 142 Å². The maximum absolute atomic E-state index is 13.3. The molecule has 0 aliphatic carbocycles. The predicted molar refractivity (Wildman–Crippen MR) is 288 cm³/mol. The summed E-state index contributed by atoms with van der Waals surface area (Å²) in [5.74, 6) is 1.50. The van der Waals surface area contributed by atoms with Crippen molar-refractivity contribution in [3.05, 3.63) is 96.1 Å². The Kier molecular flexibility index (Phi) is 25.3. The van der Waals surface area contributed by atoms with Crippen LogP contribution in [0.5, 0.6) is 11.5 Å². The topological polar surface area (TPSA) is 76.7 Å². The molecule has 4 aromatic rings. The van der Waals surface area contributed by atoms with Crippen molar-refractivity contribution >= 4 is 11.8 Å². The summed E-state index contributed by atoms with van der Waals surface area (Å²) in [5.41, 5.74) is 7.35. The number of hydrogen-bond donors (Lipinski definition) is 2. The van der Waals surface area contributed by atoms with Gasteiger partial charge in [0.1, 0.15) is 37.8 Å². The summed E-state index contributed by atoms with van der Waals surface area (Å²) in [6.07, 6.45) is 25.4. The van der Waals surface area contributed by atoms with Crippen LogP contribution >= 0.6 is 0 Å². The molecule has 0 spiro atoms. The van der Waals surface area contributed by atoms with E-state index in [-0.39, 0.29) is 11.8 Å². The van der Waals surface area contributed by atoms with Crippen molar-refractivity contribution in [1.82, 2.24) is 10.6 Å². The zero-order chi connectivity index (χ0) is 49.0. The number of nitrogens with zero attached hydrogens (tertiary/aromatic N) is 2. The molecule has 2 amide bonds. The number of nitrogens with one attached hydrogen (secondary N) is 2.